The summed E-state index contributed by atoms with van der Waals surface area (Å²) in [6.45, 7) is 3.51. The molecule has 0 saturated carbocycles. The van der Waals surface area contributed by atoms with Gasteiger partial charge < -0.3 is 14.3 Å². The molecule has 0 radical (unpaired) electrons. The molecule has 0 aliphatic carbocycles. The van der Waals surface area contributed by atoms with Gasteiger partial charge in [-0.05, 0) is 68.1 Å². The Bertz CT molecular complexity index is 1610. The van der Waals surface area contributed by atoms with Crippen molar-refractivity contribution in [3.63, 3.8) is 0 Å². The molecule has 0 bridgehead atoms. The van der Waals surface area contributed by atoms with Crippen LogP contribution >= 0.6 is 0 Å². The molecule has 1 N–H and O–H groups in total. The molecule has 1 aliphatic rings. The van der Waals surface area contributed by atoms with Crippen molar-refractivity contribution in [2.45, 2.75) is 39.8 Å². The third kappa shape index (κ3) is 6.03. The average Bonchev–Trinajstić information content (AvgIpc) is 3.31. The Morgan fingerprint density at radius 3 is 2.62 bits per heavy atom. The molecule has 0 atom stereocenters. The molecule has 0 spiro atoms. The highest BCUT2D eigenvalue weighted by Gasteiger charge is 2.34. The van der Waals surface area contributed by atoms with Gasteiger partial charge in [0, 0.05) is 18.7 Å². The monoisotopic (exact) mass is 561 g/mol. The van der Waals surface area contributed by atoms with E-state index in [1.165, 1.54) is 4.31 Å². The van der Waals surface area contributed by atoms with Gasteiger partial charge in [0.05, 0.1) is 5.69 Å². The minimum absolute atomic E-state index is 0.120. The number of carboxylic acid groups (broad SMARTS) is 1. The molecule has 0 unspecified atom stereocenters. The number of hydrogen-bond acceptors (Lipinski definition) is 6. The molecular weight excluding hydrogens is 530 g/mol. The third-order valence-corrected chi connectivity index (χ3v) is 8.66. The number of aromatic nitrogens is 1. The predicted molar refractivity (Wildman–Crippen MR) is 151 cm³/mol. The van der Waals surface area contributed by atoms with Gasteiger partial charge in [0.2, 0.25) is 5.89 Å². The fraction of sp³-hybridized carbons (Fsp3) is 0.267. The van der Waals surface area contributed by atoms with Crippen molar-refractivity contribution in [3.05, 3.63) is 101 Å². The van der Waals surface area contributed by atoms with Gasteiger partial charge in [0.15, 0.2) is 0 Å². The maximum Gasteiger partial charge on any atom is 0.318 e. The van der Waals surface area contributed by atoms with E-state index in [9.17, 15) is 18.3 Å². The Morgan fingerprint density at radius 1 is 1.07 bits per heavy atom. The van der Waals surface area contributed by atoms with Crippen LogP contribution in [0.15, 0.2) is 77.2 Å². The predicted octanol–water partition coefficient (Wildman–Crippen LogP) is 5.12. The van der Waals surface area contributed by atoms with Crippen molar-refractivity contribution < 1.29 is 27.5 Å². The van der Waals surface area contributed by atoms with Gasteiger partial charge in [-0.15, -0.1) is 0 Å². The summed E-state index contributed by atoms with van der Waals surface area (Å²) in [6, 6.07) is 22.2. The van der Waals surface area contributed by atoms with Crippen LogP contribution in [0.5, 0.6) is 5.75 Å². The van der Waals surface area contributed by atoms with Gasteiger partial charge in [0.1, 0.15) is 30.4 Å². The van der Waals surface area contributed by atoms with Crippen LogP contribution in [0, 0.1) is 13.8 Å². The number of carbonyl (C=O) groups is 1. The van der Waals surface area contributed by atoms with Gasteiger partial charge in [-0.25, -0.2) is 4.98 Å². The lowest BCUT2D eigenvalue weighted by Gasteiger charge is -2.34. The van der Waals surface area contributed by atoms with E-state index in [1.54, 1.807) is 36.4 Å². The van der Waals surface area contributed by atoms with E-state index in [4.69, 9.17) is 9.15 Å². The highest BCUT2D eigenvalue weighted by Crippen LogP contribution is 2.31. The number of para-hydroxylation sites is 1. The van der Waals surface area contributed by atoms with Gasteiger partial charge in [0.25, 0.3) is 0 Å². The highest BCUT2D eigenvalue weighted by atomic mass is 32.2. The van der Waals surface area contributed by atoms with Crippen molar-refractivity contribution in [1.29, 1.82) is 0 Å². The van der Waals surface area contributed by atoms with Crippen LogP contribution in [0.1, 0.15) is 34.6 Å². The zero-order chi connectivity index (χ0) is 28.3. The van der Waals surface area contributed by atoms with E-state index >= 15 is 0 Å². The van der Waals surface area contributed by atoms with E-state index in [1.807, 2.05) is 50.2 Å². The molecule has 2 heterocycles. The second-order valence-electron chi connectivity index (χ2n) is 9.80. The number of benzene rings is 3. The number of anilines is 1. The minimum Gasteiger partial charge on any atom is -0.487 e. The van der Waals surface area contributed by atoms with Crippen LogP contribution in [-0.4, -0.2) is 41.9 Å². The number of oxazole rings is 1. The van der Waals surface area contributed by atoms with Crippen LogP contribution < -0.4 is 9.04 Å². The maximum absolute atomic E-state index is 13.7. The number of nitrogens with zero attached hydrogens (tertiary/aromatic N) is 3. The minimum atomic E-state index is -4.11. The second-order valence-corrected chi connectivity index (χ2v) is 11.7. The first-order valence-electron chi connectivity index (χ1n) is 13.0. The Kier molecular flexibility index (Phi) is 7.90. The Hall–Kier alpha value is -4.15. The summed E-state index contributed by atoms with van der Waals surface area (Å²) < 4.78 is 41.5. The number of aliphatic carboxylic acids is 1. The van der Waals surface area contributed by atoms with E-state index in [2.05, 4.69) is 4.98 Å². The molecule has 0 amide bonds. The van der Waals surface area contributed by atoms with Crippen LogP contribution in [-0.2, 0) is 34.6 Å². The molecular formula is C30H31N3O6S. The molecule has 5 rings (SSSR count). The normalized spacial score (nSPS) is 13.3. The van der Waals surface area contributed by atoms with Crippen molar-refractivity contribution in [1.82, 2.24) is 9.29 Å². The second kappa shape index (κ2) is 11.5. The number of carboxylic acids is 1. The number of hydrogen-bond donors (Lipinski definition) is 1. The lowest BCUT2D eigenvalue weighted by Crippen LogP contribution is -2.47. The van der Waals surface area contributed by atoms with Crippen LogP contribution in [0.4, 0.5) is 5.69 Å². The summed E-state index contributed by atoms with van der Waals surface area (Å²) in [5.74, 6) is 0.436. The molecule has 208 valence electrons. The Labute approximate surface area is 233 Å². The molecule has 10 heteroatoms. The van der Waals surface area contributed by atoms with Gasteiger partial charge >= 0.3 is 16.2 Å². The van der Waals surface area contributed by atoms with Gasteiger partial charge in [-0.1, -0.05) is 48.0 Å². The van der Waals surface area contributed by atoms with Crippen molar-refractivity contribution in [2.24, 2.45) is 0 Å². The van der Waals surface area contributed by atoms with E-state index < -0.39 is 22.7 Å². The van der Waals surface area contributed by atoms with Gasteiger partial charge in [-0.3, -0.25) is 9.10 Å². The lowest BCUT2D eigenvalue weighted by atomic mass is 10.0. The fourth-order valence-corrected chi connectivity index (χ4v) is 6.37. The quantitative estimate of drug-likeness (QED) is 0.286. The molecule has 1 aliphatic heterocycles. The summed E-state index contributed by atoms with van der Waals surface area (Å²) >= 11 is 0. The topological polar surface area (TPSA) is 113 Å². The van der Waals surface area contributed by atoms with Crippen molar-refractivity contribution in [3.8, 4) is 17.2 Å². The summed E-state index contributed by atoms with van der Waals surface area (Å²) in [5, 5.41) is 9.54. The number of fused-ring (bicyclic) bond motifs is 1. The third-order valence-electron chi connectivity index (χ3n) is 6.81. The van der Waals surface area contributed by atoms with E-state index in [0.29, 0.717) is 47.3 Å². The molecule has 9 nitrogen and oxygen atoms in total. The van der Waals surface area contributed by atoms with Crippen LogP contribution in [0.3, 0.4) is 0 Å². The van der Waals surface area contributed by atoms with E-state index in [-0.39, 0.29) is 13.2 Å². The molecule has 1 aromatic heterocycles. The molecule has 0 saturated heterocycles. The summed E-state index contributed by atoms with van der Waals surface area (Å²) in [6.07, 6.45) is 1.44. The van der Waals surface area contributed by atoms with Gasteiger partial charge in [-0.2, -0.15) is 12.7 Å². The molecule has 4 aromatic rings. The van der Waals surface area contributed by atoms with Crippen LogP contribution in [0.2, 0.25) is 0 Å². The maximum atomic E-state index is 13.7. The first-order chi connectivity index (χ1) is 19.2. The summed E-state index contributed by atoms with van der Waals surface area (Å²) in [7, 11) is -4.11. The zero-order valence-corrected chi connectivity index (χ0v) is 23.2. The van der Waals surface area contributed by atoms with Crippen molar-refractivity contribution >= 4 is 21.9 Å². The van der Waals surface area contributed by atoms with Crippen molar-refractivity contribution in [2.75, 3.05) is 17.4 Å². The Morgan fingerprint density at radius 2 is 1.85 bits per heavy atom. The Balaban J connectivity index is 1.32. The smallest absolute Gasteiger partial charge is 0.318 e. The fourth-order valence-electron chi connectivity index (χ4n) is 4.72. The first kappa shape index (κ1) is 27.4. The SMILES string of the molecule is Cc1ccc(-c2nc(COc3cccc(CN(CC(=O)O)S(=O)(=O)N4CCCc5ccccc54)c3)c(C)o2)cc1. The average molecular weight is 562 g/mol. The molecule has 40 heavy (non-hydrogen) atoms. The van der Waals surface area contributed by atoms with Crippen LogP contribution in [0.25, 0.3) is 11.5 Å². The first-order valence-corrected chi connectivity index (χ1v) is 14.4. The molecule has 0 fully saturated rings. The van der Waals surface area contributed by atoms with E-state index in [0.717, 1.165) is 27.4 Å². The lowest BCUT2D eigenvalue weighted by molar-refractivity contribution is -0.137. The largest absolute Gasteiger partial charge is 0.487 e. The molecule has 3 aromatic carbocycles. The standard InChI is InChI=1S/C30H31N3O6S/c1-21-12-14-25(15-13-21)30-31-27(22(2)39-30)20-38-26-10-5-7-23(17-26)18-32(19-29(34)35)40(36,37)33-16-6-9-24-8-3-4-11-28(24)33/h3-5,7-8,10-15,17H,6,9,16,18-20H2,1-2H3,(H,34,35). The summed E-state index contributed by atoms with van der Waals surface area (Å²) in [5.41, 5.74) is 4.79. The number of aryl methyl sites for hydroxylation is 3. The highest BCUT2D eigenvalue weighted by molar-refractivity contribution is 7.90. The zero-order valence-electron chi connectivity index (χ0n) is 22.4. The number of ether oxygens (including phenoxy) is 1. The number of rotatable bonds is 10. The summed E-state index contributed by atoms with van der Waals surface area (Å²) in [4.78, 5) is 16.3.